The molecule has 0 saturated heterocycles. The highest BCUT2D eigenvalue weighted by Crippen LogP contribution is 2.22. The van der Waals surface area contributed by atoms with Gasteiger partial charge in [0.25, 0.3) is 0 Å². The Balaban J connectivity index is 2.30. The van der Waals surface area contributed by atoms with Crippen molar-refractivity contribution in [2.24, 2.45) is 0 Å². The first-order valence-corrected chi connectivity index (χ1v) is 7.32. The molecule has 2 N–H and O–H groups in total. The Morgan fingerprint density at radius 2 is 2.47 bits per heavy atom. The largest absolute Gasteiger partial charge is 0.480 e. The SMILES string of the molecule is CCNC(C)(CCCSc1nncs1)C(=O)O. The monoisotopic (exact) mass is 275 g/mol. The topological polar surface area (TPSA) is 75.1 Å². The smallest absolute Gasteiger partial charge is 0.323 e. The number of hydrogen-bond donors (Lipinski definition) is 2. The van der Waals surface area contributed by atoms with Crippen LogP contribution in [0.1, 0.15) is 26.7 Å². The summed E-state index contributed by atoms with van der Waals surface area (Å²) < 4.78 is 0.936. The van der Waals surface area contributed by atoms with Crippen molar-refractivity contribution < 1.29 is 9.90 Å². The minimum atomic E-state index is -0.823. The van der Waals surface area contributed by atoms with Crippen LogP contribution in [0, 0.1) is 0 Å². The highest BCUT2D eigenvalue weighted by atomic mass is 32.2. The average molecular weight is 275 g/mol. The molecule has 1 atom stereocenters. The third-order valence-electron chi connectivity index (χ3n) is 2.43. The third-order valence-corrected chi connectivity index (χ3v) is 4.37. The van der Waals surface area contributed by atoms with E-state index in [1.807, 2.05) is 6.92 Å². The van der Waals surface area contributed by atoms with Crippen LogP contribution in [0.3, 0.4) is 0 Å². The van der Waals surface area contributed by atoms with Crippen LogP contribution in [0.25, 0.3) is 0 Å². The van der Waals surface area contributed by atoms with Crippen molar-refractivity contribution in [2.45, 2.75) is 36.6 Å². The summed E-state index contributed by atoms with van der Waals surface area (Å²) in [5.74, 6) is 0.0731. The molecule has 1 unspecified atom stereocenters. The molecule has 0 bridgehead atoms. The molecule has 0 radical (unpaired) electrons. The molecule has 1 heterocycles. The zero-order chi connectivity index (χ0) is 12.7. The fourth-order valence-corrected chi connectivity index (χ4v) is 2.97. The van der Waals surface area contributed by atoms with Crippen LogP contribution in [0.2, 0.25) is 0 Å². The third kappa shape index (κ3) is 4.61. The van der Waals surface area contributed by atoms with Crippen LogP contribution in [0.5, 0.6) is 0 Å². The first kappa shape index (κ1) is 14.4. The molecule has 5 nitrogen and oxygen atoms in total. The molecule has 0 saturated carbocycles. The Morgan fingerprint density at radius 3 is 3.00 bits per heavy atom. The summed E-state index contributed by atoms with van der Waals surface area (Å²) in [7, 11) is 0. The van der Waals surface area contributed by atoms with Gasteiger partial charge in [-0.2, -0.15) is 0 Å². The minimum absolute atomic E-state index is 0.613. The number of aromatic nitrogens is 2. The molecule has 0 aliphatic rings. The summed E-state index contributed by atoms with van der Waals surface area (Å²) >= 11 is 3.13. The molecule has 96 valence electrons. The Hall–Kier alpha value is -0.660. The summed E-state index contributed by atoms with van der Waals surface area (Å²) in [6.45, 7) is 4.30. The van der Waals surface area contributed by atoms with Crippen molar-refractivity contribution in [3.63, 3.8) is 0 Å². The summed E-state index contributed by atoms with van der Waals surface area (Å²) in [6, 6.07) is 0. The van der Waals surface area contributed by atoms with Crippen LogP contribution < -0.4 is 5.32 Å². The first-order chi connectivity index (χ1) is 8.08. The summed E-state index contributed by atoms with van der Waals surface area (Å²) in [4.78, 5) is 11.1. The van der Waals surface area contributed by atoms with Crippen molar-refractivity contribution in [1.29, 1.82) is 0 Å². The van der Waals surface area contributed by atoms with Crippen molar-refractivity contribution >= 4 is 29.1 Å². The van der Waals surface area contributed by atoms with E-state index in [1.54, 1.807) is 24.2 Å². The standard InChI is InChI=1S/C10H17N3O2S2/c1-3-11-10(2,8(14)15)5-4-6-16-9-13-12-7-17-9/h7,11H,3-6H2,1-2H3,(H,14,15). The molecule has 17 heavy (non-hydrogen) atoms. The Bertz CT molecular complexity index is 345. The van der Waals surface area contributed by atoms with Gasteiger partial charge in [-0.3, -0.25) is 4.79 Å². The van der Waals surface area contributed by atoms with Gasteiger partial charge in [0.05, 0.1) is 0 Å². The molecular formula is C10H17N3O2S2. The van der Waals surface area contributed by atoms with Crippen LogP contribution in [0.4, 0.5) is 0 Å². The molecular weight excluding hydrogens is 258 g/mol. The lowest BCUT2D eigenvalue weighted by Gasteiger charge is -2.25. The van der Waals surface area contributed by atoms with Gasteiger partial charge in [0.2, 0.25) is 0 Å². The van der Waals surface area contributed by atoms with Crippen LogP contribution in [-0.4, -0.2) is 39.1 Å². The number of nitrogens with zero attached hydrogens (tertiary/aromatic N) is 2. The summed E-state index contributed by atoms with van der Waals surface area (Å²) in [5, 5.41) is 19.8. The zero-order valence-electron chi connectivity index (χ0n) is 9.97. The van der Waals surface area contributed by atoms with Gasteiger partial charge in [-0.25, -0.2) is 0 Å². The number of carbonyl (C=O) groups is 1. The van der Waals surface area contributed by atoms with Crippen LogP contribution in [0.15, 0.2) is 9.85 Å². The fourth-order valence-electron chi connectivity index (χ4n) is 1.47. The van der Waals surface area contributed by atoms with Crippen molar-refractivity contribution in [3.05, 3.63) is 5.51 Å². The molecule has 1 aromatic rings. The summed E-state index contributed by atoms with van der Waals surface area (Å²) in [6.07, 6.45) is 1.45. The normalized spacial score (nSPS) is 14.5. The predicted molar refractivity (Wildman–Crippen MR) is 69.6 cm³/mol. The van der Waals surface area contributed by atoms with E-state index in [0.29, 0.717) is 13.0 Å². The number of aliphatic carboxylic acids is 1. The number of carboxylic acids is 1. The average Bonchev–Trinajstić information content (AvgIpc) is 2.77. The van der Waals surface area contributed by atoms with Crippen LogP contribution >= 0.6 is 23.1 Å². The number of nitrogens with one attached hydrogen (secondary N) is 1. The van der Waals surface area contributed by atoms with Crippen molar-refractivity contribution in [3.8, 4) is 0 Å². The Kier molecular flexibility index (Phi) is 5.87. The molecule has 7 heteroatoms. The van der Waals surface area contributed by atoms with Gasteiger partial charge in [-0.15, -0.1) is 10.2 Å². The lowest BCUT2D eigenvalue weighted by molar-refractivity contribution is -0.144. The minimum Gasteiger partial charge on any atom is -0.480 e. The molecule has 0 aliphatic heterocycles. The van der Waals surface area contributed by atoms with Gasteiger partial charge >= 0.3 is 5.97 Å². The molecule has 1 rings (SSSR count). The van der Waals surface area contributed by atoms with Crippen molar-refractivity contribution in [2.75, 3.05) is 12.3 Å². The van der Waals surface area contributed by atoms with E-state index < -0.39 is 11.5 Å². The van der Waals surface area contributed by atoms with E-state index in [4.69, 9.17) is 5.11 Å². The molecule has 0 spiro atoms. The highest BCUT2D eigenvalue weighted by Gasteiger charge is 2.31. The second-order valence-electron chi connectivity index (χ2n) is 3.82. The first-order valence-electron chi connectivity index (χ1n) is 5.46. The summed E-state index contributed by atoms with van der Waals surface area (Å²) in [5.41, 5.74) is 0.874. The van der Waals surface area contributed by atoms with Crippen LogP contribution in [-0.2, 0) is 4.79 Å². The van der Waals surface area contributed by atoms with E-state index in [9.17, 15) is 4.79 Å². The quantitative estimate of drug-likeness (QED) is 0.557. The number of rotatable bonds is 8. The lowest BCUT2D eigenvalue weighted by atomic mass is 9.96. The number of carboxylic acid groups (broad SMARTS) is 1. The number of thioether (sulfide) groups is 1. The number of likely N-dealkylation sites (N-methyl/N-ethyl adjacent to an activating group) is 1. The molecule has 0 aromatic carbocycles. The molecule has 0 fully saturated rings. The maximum Gasteiger partial charge on any atom is 0.323 e. The Morgan fingerprint density at radius 1 is 1.71 bits per heavy atom. The second kappa shape index (κ2) is 6.93. The van der Waals surface area contributed by atoms with E-state index in [1.165, 1.54) is 11.3 Å². The van der Waals surface area contributed by atoms with Gasteiger partial charge in [0, 0.05) is 5.75 Å². The van der Waals surface area contributed by atoms with E-state index >= 15 is 0 Å². The van der Waals surface area contributed by atoms with Crippen molar-refractivity contribution in [1.82, 2.24) is 15.5 Å². The molecule has 1 aromatic heterocycles. The van der Waals surface area contributed by atoms with Gasteiger partial charge in [-0.1, -0.05) is 30.0 Å². The molecule has 0 aliphatic carbocycles. The highest BCUT2D eigenvalue weighted by molar-refractivity contribution is 8.00. The van der Waals surface area contributed by atoms with Gasteiger partial charge in [0.1, 0.15) is 11.0 Å². The second-order valence-corrected chi connectivity index (χ2v) is 6.00. The van der Waals surface area contributed by atoms with E-state index in [0.717, 1.165) is 16.5 Å². The zero-order valence-corrected chi connectivity index (χ0v) is 11.6. The van der Waals surface area contributed by atoms with Gasteiger partial charge < -0.3 is 10.4 Å². The lowest BCUT2D eigenvalue weighted by Crippen LogP contribution is -2.49. The fraction of sp³-hybridized carbons (Fsp3) is 0.700. The van der Waals surface area contributed by atoms with E-state index in [-0.39, 0.29) is 0 Å². The predicted octanol–water partition coefficient (Wildman–Crippen LogP) is 1.86. The van der Waals surface area contributed by atoms with Gasteiger partial charge in [-0.05, 0) is 26.3 Å². The maximum atomic E-state index is 11.1. The maximum absolute atomic E-state index is 11.1. The van der Waals surface area contributed by atoms with Gasteiger partial charge in [0.15, 0.2) is 4.34 Å². The molecule has 0 amide bonds. The van der Waals surface area contributed by atoms with E-state index in [2.05, 4.69) is 15.5 Å². The Labute approximate surface area is 109 Å². The number of hydrogen-bond acceptors (Lipinski definition) is 6.